The number of thiophene rings is 1. The molecule has 2 saturated heterocycles. The Kier molecular flexibility index (Phi) is 4.38. The predicted molar refractivity (Wildman–Crippen MR) is 83.3 cm³/mol. The van der Waals surface area contributed by atoms with E-state index in [-0.39, 0.29) is 12.1 Å². The van der Waals surface area contributed by atoms with Crippen LogP contribution in [0.1, 0.15) is 22.6 Å². The third kappa shape index (κ3) is 3.17. The molecule has 3 rings (SSSR count). The highest BCUT2D eigenvalue weighted by molar-refractivity contribution is 7.89. The fraction of sp³-hybridized carbons (Fsp3) is 0.714. The second kappa shape index (κ2) is 5.96. The summed E-state index contributed by atoms with van der Waals surface area (Å²) in [4.78, 5) is 4.63. The van der Waals surface area contributed by atoms with Crippen LogP contribution in [0, 0.1) is 13.8 Å². The molecule has 0 radical (unpaired) electrons. The minimum atomic E-state index is -3.46. The molecule has 5 nitrogen and oxygen atoms in total. The Balaban J connectivity index is 1.76. The monoisotopic (exact) mass is 330 g/mol. The van der Waals surface area contributed by atoms with Crippen LogP contribution < -0.4 is 4.72 Å². The van der Waals surface area contributed by atoms with Gasteiger partial charge < -0.3 is 4.74 Å². The summed E-state index contributed by atoms with van der Waals surface area (Å²) in [5.41, 5.74) is 0. The predicted octanol–water partition coefficient (Wildman–Crippen LogP) is 1.51. The van der Waals surface area contributed by atoms with Gasteiger partial charge in [0.1, 0.15) is 0 Å². The number of aryl methyl sites for hydroxylation is 2. The molecule has 2 aliphatic rings. The second-order valence-corrected chi connectivity index (χ2v) is 9.00. The van der Waals surface area contributed by atoms with Crippen molar-refractivity contribution in [2.45, 2.75) is 43.7 Å². The Labute approximate surface area is 130 Å². The molecule has 2 aliphatic heterocycles. The minimum Gasteiger partial charge on any atom is -0.378 e. The molecule has 0 aromatic carbocycles. The summed E-state index contributed by atoms with van der Waals surface area (Å²) in [6, 6.07) is 1.78. The molecule has 1 aromatic rings. The fourth-order valence-electron chi connectivity index (χ4n) is 3.23. The van der Waals surface area contributed by atoms with Crippen LogP contribution in [0.3, 0.4) is 0 Å². The molecule has 2 fully saturated rings. The molecular formula is C14H22N2O3S2. The van der Waals surface area contributed by atoms with E-state index < -0.39 is 10.0 Å². The summed E-state index contributed by atoms with van der Waals surface area (Å²) in [6.07, 6.45) is 2.39. The number of hydrogen-bond acceptors (Lipinski definition) is 5. The normalized spacial score (nSPS) is 27.5. The minimum absolute atomic E-state index is 0.146. The number of rotatable bonds is 4. The van der Waals surface area contributed by atoms with Gasteiger partial charge in [0, 0.05) is 9.75 Å². The van der Waals surface area contributed by atoms with Crippen LogP contribution >= 0.6 is 11.3 Å². The van der Waals surface area contributed by atoms with Gasteiger partial charge >= 0.3 is 0 Å². The average molecular weight is 330 g/mol. The van der Waals surface area contributed by atoms with E-state index in [1.54, 1.807) is 6.07 Å². The highest BCUT2D eigenvalue weighted by atomic mass is 32.2. The molecule has 2 atom stereocenters. The zero-order chi connectivity index (χ0) is 15.0. The topological polar surface area (TPSA) is 58.6 Å². The first kappa shape index (κ1) is 15.4. The van der Waals surface area contributed by atoms with Gasteiger partial charge in [0.25, 0.3) is 0 Å². The van der Waals surface area contributed by atoms with Crippen molar-refractivity contribution >= 4 is 21.4 Å². The lowest BCUT2D eigenvalue weighted by molar-refractivity contribution is 0.159. The quantitative estimate of drug-likeness (QED) is 0.909. The van der Waals surface area contributed by atoms with Crippen molar-refractivity contribution in [3.05, 3.63) is 15.8 Å². The van der Waals surface area contributed by atoms with Crippen LogP contribution in [0.4, 0.5) is 0 Å². The Morgan fingerprint density at radius 3 is 2.62 bits per heavy atom. The van der Waals surface area contributed by atoms with Gasteiger partial charge in [0.05, 0.1) is 30.2 Å². The summed E-state index contributed by atoms with van der Waals surface area (Å²) in [5, 5.41) is 0. The van der Waals surface area contributed by atoms with Crippen molar-refractivity contribution < 1.29 is 13.2 Å². The molecule has 3 heterocycles. The van der Waals surface area contributed by atoms with E-state index in [2.05, 4.69) is 9.62 Å². The van der Waals surface area contributed by atoms with Crippen LogP contribution in [0.2, 0.25) is 0 Å². The molecule has 7 heteroatoms. The van der Waals surface area contributed by atoms with Crippen molar-refractivity contribution in [1.82, 2.24) is 9.62 Å². The van der Waals surface area contributed by atoms with Crippen molar-refractivity contribution in [2.24, 2.45) is 0 Å². The van der Waals surface area contributed by atoms with Gasteiger partial charge in [-0.15, -0.1) is 11.3 Å². The fourth-order valence-corrected chi connectivity index (χ4v) is 6.03. The lowest BCUT2D eigenvalue weighted by atomic mass is 10.1. The number of likely N-dealkylation sites (tertiary alicyclic amines) is 1. The van der Waals surface area contributed by atoms with Crippen molar-refractivity contribution in [3.63, 3.8) is 0 Å². The van der Waals surface area contributed by atoms with Gasteiger partial charge in [-0.2, -0.15) is 0 Å². The van der Waals surface area contributed by atoms with Gasteiger partial charge in [-0.05, 0) is 45.8 Å². The lowest BCUT2D eigenvalue weighted by Gasteiger charge is -2.27. The summed E-state index contributed by atoms with van der Waals surface area (Å²) in [5.74, 6) is 0. The van der Waals surface area contributed by atoms with Gasteiger partial charge in [0.2, 0.25) is 10.0 Å². The van der Waals surface area contributed by atoms with Crippen LogP contribution in [-0.2, 0) is 14.8 Å². The third-order valence-electron chi connectivity index (χ3n) is 4.25. The molecule has 1 N–H and O–H groups in total. The molecule has 0 aliphatic carbocycles. The zero-order valence-electron chi connectivity index (χ0n) is 12.5. The number of ether oxygens (including phenoxy) is 1. The van der Waals surface area contributed by atoms with E-state index >= 15 is 0 Å². The van der Waals surface area contributed by atoms with Gasteiger partial charge in [-0.3, -0.25) is 4.90 Å². The number of hydrogen-bond donors (Lipinski definition) is 1. The molecular weight excluding hydrogens is 308 g/mol. The van der Waals surface area contributed by atoms with Crippen molar-refractivity contribution in [2.75, 3.05) is 26.3 Å². The average Bonchev–Trinajstić information content (AvgIpc) is 3.09. The van der Waals surface area contributed by atoms with Crippen LogP contribution in [-0.4, -0.2) is 51.7 Å². The molecule has 0 spiro atoms. The maximum atomic E-state index is 12.6. The van der Waals surface area contributed by atoms with Crippen molar-refractivity contribution in [1.29, 1.82) is 0 Å². The SMILES string of the molecule is Cc1cc(S(=O)(=O)NC2COCC2N2CCCC2)c(C)s1. The Bertz CT molecular complexity index is 606. The number of nitrogens with zero attached hydrogens (tertiary/aromatic N) is 1. The van der Waals surface area contributed by atoms with E-state index in [1.165, 1.54) is 24.2 Å². The molecule has 1 aromatic heterocycles. The molecule has 118 valence electrons. The van der Waals surface area contributed by atoms with Crippen LogP contribution in [0.5, 0.6) is 0 Å². The number of sulfonamides is 1. The lowest BCUT2D eigenvalue weighted by Crippen LogP contribution is -2.50. The van der Waals surface area contributed by atoms with Gasteiger partial charge in [-0.25, -0.2) is 13.1 Å². The third-order valence-corrected chi connectivity index (χ3v) is 6.96. The Morgan fingerprint density at radius 2 is 2.00 bits per heavy atom. The molecule has 0 saturated carbocycles. The Morgan fingerprint density at radius 1 is 1.29 bits per heavy atom. The molecule has 21 heavy (non-hydrogen) atoms. The molecule has 0 amide bonds. The van der Waals surface area contributed by atoms with E-state index in [4.69, 9.17) is 4.74 Å². The molecule has 2 unspecified atom stereocenters. The van der Waals surface area contributed by atoms with E-state index in [0.717, 1.165) is 22.8 Å². The summed E-state index contributed by atoms with van der Waals surface area (Å²) >= 11 is 1.52. The Hall–Kier alpha value is -0.470. The number of nitrogens with one attached hydrogen (secondary N) is 1. The maximum absolute atomic E-state index is 12.6. The van der Waals surface area contributed by atoms with Gasteiger partial charge in [-0.1, -0.05) is 0 Å². The zero-order valence-corrected chi connectivity index (χ0v) is 14.1. The maximum Gasteiger partial charge on any atom is 0.242 e. The summed E-state index contributed by atoms with van der Waals surface area (Å²) in [6.45, 7) is 6.96. The first-order chi connectivity index (χ1) is 9.97. The summed E-state index contributed by atoms with van der Waals surface area (Å²) < 4.78 is 33.6. The van der Waals surface area contributed by atoms with Crippen LogP contribution in [0.25, 0.3) is 0 Å². The highest BCUT2D eigenvalue weighted by Gasteiger charge is 2.37. The molecule has 0 bridgehead atoms. The smallest absolute Gasteiger partial charge is 0.242 e. The van der Waals surface area contributed by atoms with E-state index in [1.807, 2.05) is 13.8 Å². The van der Waals surface area contributed by atoms with Crippen LogP contribution in [0.15, 0.2) is 11.0 Å². The van der Waals surface area contributed by atoms with Gasteiger partial charge in [0.15, 0.2) is 0 Å². The first-order valence-electron chi connectivity index (χ1n) is 7.38. The van der Waals surface area contributed by atoms with E-state index in [9.17, 15) is 8.42 Å². The largest absolute Gasteiger partial charge is 0.378 e. The summed E-state index contributed by atoms with van der Waals surface area (Å²) in [7, 11) is -3.46. The standard InChI is InChI=1S/C14H22N2O3S2/c1-10-7-14(11(2)20-10)21(17,18)15-12-8-19-9-13(12)16-5-3-4-6-16/h7,12-13,15H,3-6,8-9H2,1-2H3. The van der Waals surface area contributed by atoms with E-state index in [0.29, 0.717) is 18.1 Å². The first-order valence-corrected chi connectivity index (χ1v) is 9.68. The van der Waals surface area contributed by atoms with Crippen molar-refractivity contribution in [3.8, 4) is 0 Å². The highest BCUT2D eigenvalue weighted by Crippen LogP contribution is 2.26. The second-order valence-electron chi connectivity index (χ2n) is 5.85.